The van der Waals surface area contributed by atoms with Gasteiger partial charge in [0.15, 0.2) is 16.3 Å². The highest BCUT2D eigenvalue weighted by Gasteiger charge is 2.27. The summed E-state index contributed by atoms with van der Waals surface area (Å²) in [6.07, 6.45) is -0.779. The average Bonchev–Trinajstić information content (AvgIpc) is 2.90. The van der Waals surface area contributed by atoms with E-state index in [4.69, 9.17) is 32.7 Å². The van der Waals surface area contributed by atoms with Crippen molar-refractivity contribution in [3.05, 3.63) is 51.2 Å². The molecule has 8 heteroatoms. The molecular formula is C17H12Cl2N2O3S. The first-order valence-electron chi connectivity index (χ1n) is 7.44. The summed E-state index contributed by atoms with van der Waals surface area (Å²) < 4.78 is 13.9. The molecular weight excluding hydrogens is 383 g/mol. The van der Waals surface area contributed by atoms with Crippen molar-refractivity contribution >= 4 is 50.7 Å². The molecule has 0 saturated carbocycles. The van der Waals surface area contributed by atoms with Crippen LogP contribution in [-0.4, -0.2) is 23.2 Å². The molecule has 1 amide bonds. The third kappa shape index (κ3) is 3.01. The third-order valence-corrected chi connectivity index (χ3v) is 5.39. The van der Waals surface area contributed by atoms with Crippen molar-refractivity contribution in [3.63, 3.8) is 0 Å². The fourth-order valence-corrected chi connectivity index (χ4v) is 4.44. The predicted octanol–water partition coefficient (Wildman–Crippen LogP) is 3.81. The average molecular weight is 395 g/mol. The molecule has 0 fully saturated rings. The molecule has 4 rings (SSSR count). The summed E-state index contributed by atoms with van der Waals surface area (Å²) in [6, 6.07) is 10.7. The van der Waals surface area contributed by atoms with Gasteiger partial charge in [0.2, 0.25) is 6.10 Å². The Hall–Kier alpha value is -2.02. The van der Waals surface area contributed by atoms with Gasteiger partial charge in [0, 0.05) is 12.1 Å². The lowest BCUT2D eigenvalue weighted by atomic mass is 10.2. The minimum Gasteiger partial charge on any atom is -0.485 e. The first kappa shape index (κ1) is 16.4. The van der Waals surface area contributed by atoms with Crippen molar-refractivity contribution in [1.29, 1.82) is 0 Å². The van der Waals surface area contributed by atoms with E-state index >= 15 is 0 Å². The predicted molar refractivity (Wildman–Crippen MR) is 97.7 cm³/mol. The number of hydrogen-bond donors (Lipinski definition) is 0. The van der Waals surface area contributed by atoms with Crippen LogP contribution in [0.2, 0.25) is 10.0 Å². The number of fused-ring (bicyclic) bond motifs is 2. The number of hydrogen-bond acceptors (Lipinski definition) is 4. The minimum absolute atomic E-state index is 0.126. The molecule has 1 aliphatic heterocycles. The molecule has 0 aliphatic carbocycles. The second-order valence-corrected chi connectivity index (χ2v) is 7.35. The molecule has 1 aliphatic rings. The SMILES string of the molecule is Cn1c(=NC(=O)[C@@H]2COc3ccccc3O2)sc2cc(Cl)cc(Cl)c21. The number of halogens is 2. The summed E-state index contributed by atoms with van der Waals surface area (Å²) in [6.45, 7) is 0.126. The van der Waals surface area contributed by atoms with Crippen LogP contribution >= 0.6 is 34.5 Å². The Morgan fingerprint density at radius 2 is 2.04 bits per heavy atom. The zero-order valence-corrected chi connectivity index (χ0v) is 15.4. The van der Waals surface area contributed by atoms with Gasteiger partial charge in [-0.15, -0.1) is 0 Å². The Morgan fingerprint density at radius 1 is 1.28 bits per heavy atom. The largest absolute Gasteiger partial charge is 0.485 e. The number of carbonyl (C=O) groups is 1. The van der Waals surface area contributed by atoms with Gasteiger partial charge in [-0.2, -0.15) is 4.99 Å². The Kier molecular flexibility index (Phi) is 4.19. The monoisotopic (exact) mass is 394 g/mol. The maximum absolute atomic E-state index is 12.5. The van der Waals surface area contributed by atoms with E-state index in [1.807, 2.05) is 12.1 Å². The highest BCUT2D eigenvalue weighted by atomic mass is 35.5. The van der Waals surface area contributed by atoms with Gasteiger partial charge in [0.25, 0.3) is 5.91 Å². The smallest absolute Gasteiger partial charge is 0.292 e. The van der Waals surface area contributed by atoms with Crippen molar-refractivity contribution < 1.29 is 14.3 Å². The Bertz CT molecular complexity index is 1060. The van der Waals surface area contributed by atoms with Crippen LogP contribution in [0, 0.1) is 0 Å². The number of amides is 1. The van der Waals surface area contributed by atoms with Gasteiger partial charge in [0.1, 0.15) is 6.61 Å². The fraction of sp³-hybridized carbons (Fsp3) is 0.176. The first-order chi connectivity index (χ1) is 12.0. The number of thiazole rings is 1. The van der Waals surface area contributed by atoms with Crippen LogP contribution in [0.5, 0.6) is 11.5 Å². The number of ether oxygens (including phenoxy) is 2. The molecule has 0 unspecified atom stereocenters. The topological polar surface area (TPSA) is 52.8 Å². The number of aromatic nitrogens is 1. The molecule has 0 saturated heterocycles. The van der Waals surface area contributed by atoms with Gasteiger partial charge < -0.3 is 14.0 Å². The maximum Gasteiger partial charge on any atom is 0.292 e. The van der Waals surface area contributed by atoms with Crippen molar-refractivity contribution in [2.45, 2.75) is 6.10 Å². The Balaban J connectivity index is 1.70. The van der Waals surface area contributed by atoms with Gasteiger partial charge in [-0.25, -0.2) is 0 Å². The van der Waals surface area contributed by atoms with Crippen LogP contribution in [0.15, 0.2) is 41.4 Å². The Labute approximate surface area is 157 Å². The van der Waals surface area contributed by atoms with E-state index in [1.54, 1.807) is 35.9 Å². The van der Waals surface area contributed by atoms with E-state index in [-0.39, 0.29) is 6.61 Å². The van der Waals surface area contributed by atoms with Crippen LogP contribution in [0.3, 0.4) is 0 Å². The summed E-state index contributed by atoms with van der Waals surface area (Å²) in [5.41, 5.74) is 0.786. The lowest BCUT2D eigenvalue weighted by Crippen LogP contribution is -2.36. The van der Waals surface area contributed by atoms with E-state index in [0.717, 1.165) is 10.2 Å². The molecule has 2 heterocycles. The zero-order valence-electron chi connectivity index (χ0n) is 13.0. The summed E-state index contributed by atoms with van der Waals surface area (Å²) in [5, 5.41) is 1.05. The van der Waals surface area contributed by atoms with Crippen LogP contribution in [0.25, 0.3) is 10.2 Å². The van der Waals surface area contributed by atoms with Crippen molar-refractivity contribution in [3.8, 4) is 11.5 Å². The van der Waals surface area contributed by atoms with E-state index in [2.05, 4.69) is 4.99 Å². The number of carbonyl (C=O) groups excluding carboxylic acids is 1. The molecule has 128 valence electrons. The van der Waals surface area contributed by atoms with Gasteiger partial charge in [-0.05, 0) is 24.3 Å². The van der Waals surface area contributed by atoms with E-state index < -0.39 is 12.0 Å². The van der Waals surface area contributed by atoms with Gasteiger partial charge in [-0.1, -0.05) is 46.7 Å². The molecule has 25 heavy (non-hydrogen) atoms. The van der Waals surface area contributed by atoms with Crippen molar-refractivity contribution in [2.75, 3.05) is 6.61 Å². The van der Waals surface area contributed by atoms with E-state index in [1.165, 1.54) is 11.3 Å². The number of nitrogens with zero attached hydrogens (tertiary/aromatic N) is 2. The lowest BCUT2D eigenvalue weighted by molar-refractivity contribution is -0.127. The molecule has 1 aromatic heterocycles. The Morgan fingerprint density at radius 3 is 2.84 bits per heavy atom. The molecule has 0 bridgehead atoms. The third-order valence-electron chi connectivity index (χ3n) is 3.81. The molecule has 0 N–H and O–H groups in total. The number of aryl methyl sites for hydroxylation is 1. The van der Waals surface area contributed by atoms with Gasteiger partial charge in [0.05, 0.1) is 15.2 Å². The molecule has 3 aromatic rings. The summed E-state index contributed by atoms with van der Waals surface area (Å²) in [5.74, 6) is 0.761. The lowest BCUT2D eigenvalue weighted by Gasteiger charge is -2.23. The molecule has 2 aromatic carbocycles. The van der Waals surface area contributed by atoms with Crippen LogP contribution in [0.1, 0.15) is 0 Å². The van der Waals surface area contributed by atoms with Crippen molar-refractivity contribution in [2.24, 2.45) is 12.0 Å². The second kappa shape index (κ2) is 6.37. The van der Waals surface area contributed by atoms with Gasteiger partial charge >= 0.3 is 0 Å². The van der Waals surface area contributed by atoms with E-state index in [0.29, 0.717) is 26.3 Å². The van der Waals surface area contributed by atoms with Gasteiger partial charge in [-0.3, -0.25) is 4.79 Å². The van der Waals surface area contributed by atoms with Crippen LogP contribution in [0.4, 0.5) is 0 Å². The molecule has 1 atom stereocenters. The molecule has 0 spiro atoms. The fourth-order valence-electron chi connectivity index (χ4n) is 2.61. The van der Waals surface area contributed by atoms with E-state index in [9.17, 15) is 4.79 Å². The molecule has 5 nitrogen and oxygen atoms in total. The standard InChI is InChI=1S/C17H12Cl2N2O3S/c1-21-15-10(19)6-9(18)7-14(15)25-17(21)20-16(22)13-8-23-11-4-2-3-5-12(11)24-13/h2-7,13H,8H2,1H3/t13-/m0/s1. The minimum atomic E-state index is -0.779. The number of benzene rings is 2. The summed E-state index contributed by atoms with van der Waals surface area (Å²) >= 11 is 13.6. The van der Waals surface area contributed by atoms with Crippen LogP contribution in [-0.2, 0) is 11.8 Å². The zero-order chi connectivity index (χ0) is 17.6. The first-order valence-corrected chi connectivity index (χ1v) is 9.02. The maximum atomic E-state index is 12.5. The summed E-state index contributed by atoms with van der Waals surface area (Å²) in [7, 11) is 1.80. The normalized spacial score (nSPS) is 17.1. The quantitative estimate of drug-likeness (QED) is 0.630. The molecule has 0 radical (unpaired) electrons. The number of para-hydroxylation sites is 2. The number of rotatable bonds is 1. The van der Waals surface area contributed by atoms with Crippen LogP contribution < -0.4 is 14.3 Å². The van der Waals surface area contributed by atoms with Crippen molar-refractivity contribution in [1.82, 2.24) is 4.57 Å². The highest BCUT2D eigenvalue weighted by molar-refractivity contribution is 7.16. The highest BCUT2D eigenvalue weighted by Crippen LogP contribution is 2.31. The summed E-state index contributed by atoms with van der Waals surface area (Å²) in [4.78, 5) is 17.2. The second-order valence-electron chi connectivity index (χ2n) is 5.49.